The van der Waals surface area contributed by atoms with Gasteiger partial charge in [-0.15, -0.1) is 10.2 Å². The van der Waals surface area contributed by atoms with Gasteiger partial charge in [-0.1, -0.05) is 27.3 Å². The third-order valence-electron chi connectivity index (χ3n) is 3.67. The Balaban J connectivity index is 1.48. The molecule has 0 atom stereocenters. The van der Waals surface area contributed by atoms with Crippen LogP contribution in [-0.2, 0) is 11.2 Å². The van der Waals surface area contributed by atoms with Crippen molar-refractivity contribution in [1.82, 2.24) is 19.6 Å². The Kier molecular flexibility index (Phi) is 4.48. The lowest BCUT2D eigenvalue weighted by molar-refractivity contribution is -0.115. The molecular formula is C17H11BrFN5OS. The van der Waals surface area contributed by atoms with Crippen LogP contribution in [0.4, 0.5) is 9.52 Å². The Morgan fingerprint density at radius 1 is 1.27 bits per heavy atom. The molecule has 0 bridgehead atoms. The highest BCUT2D eigenvalue weighted by molar-refractivity contribution is 9.10. The molecule has 0 saturated carbocycles. The number of anilines is 1. The molecule has 0 fully saturated rings. The van der Waals surface area contributed by atoms with E-state index in [-0.39, 0.29) is 12.3 Å². The predicted molar refractivity (Wildman–Crippen MR) is 101 cm³/mol. The van der Waals surface area contributed by atoms with Gasteiger partial charge in [0.2, 0.25) is 11.0 Å². The number of imidazole rings is 1. The third kappa shape index (κ3) is 3.49. The van der Waals surface area contributed by atoms with Crippen molar-refractivity contribution in [2.45, 2.75) is 6.42 Å². The van der Waals surface area contributed by atoms with E-state index in [1.54, 1.807) is 24.7 Å². The van der Waals surface area contributed by atoms with Gasteiger partial charge in [0, 0.05) is 16.2 Å². The first-order chi connectivity index (χ1) is 12.6. The highest BCUT2D eigenvalue weighted by atomic mass is 79.9. The van der Waals surface area contributed by atoms with Gasteiger partial charge in [-0.25, -0.2) is 9.37 Å². The number of benzene rings is 1. The summed E-state index contributed by atoms with van der Waals surface area (Å²) in [5.74, 6) is -0.609. The molecule has 6 nitrogen and oxygen atoms in total. The summed E-state index contributed by atoms with van der Waals surface area (Å²) in [5.41, 5.74) is 2.11. The van der Waals surface area contributed by atoms with E-state index in [9.17, 15) is 9.18 Å². The van der Waals surface area contributed by atoms with Gasteiger partial charge >= 0.3 is 0 Å². The monoisotopic (exact) mass is 431 g/mol. The number of fused-ring (bicyclic) bond motifs is 1. The van der Waals surface area contributed by atoms with Gasteiger partial charge in [-0.2, -0.15) is 0 Å². The minimum atomic E-state index is -0.392. The average Bonchev–Trinajstić information content (AvgIpc) is 3.25. The highest BCUT2D eigenvalue weighted by Gasteiger charge is 2.14. The maximum Gasteiger partial charge on any atom is 0.230 e. The molecule has 130 valence electrons. The molecule has 4 rings (SSSR count). The van der Waals surface area contributed by atoms with Crippen LogP contribution < -0.4 is 5.32 Å². The summed E-state index contributed by atoms with van der Waals surface area (Å²) in [6.07, 6.45) is 5.47. The van der Waals surface area contributed by atoms with Crippen LogP contribution in [0.1, 0.15) is 5.56 Å². The fourth-order valence-electron chi connectivity index (χ4n) is 2.47. The van der Waals surface area contributed by atoms with Crippen molar-refractivity contribution in [2.75, 3.05) is 5.32 Å². The number of carbonyl (C=O) groups excluding carboxylic acids is 1. The molecule has 9 heteroatoms. The van der Waals surface area contributed by atoms with Crippen LogP contribution in [0, 0.1) is 5.82 Å². The first-order valence-electron chi connectivity index (χ1n) is 7.58. The van der Waals surface area contributed by atoms with Crippen molar-refractivity contribution < 1.29 is 9.18 Å². The molecule has 1 aromatic carbocycles. The quantitative estimate of drug-likeness (QED) is 0.531. The topological polar surface area (TPSA) is 72.2 Å². The van der Waals surface area contributed by atoms with Crippen molar-refractivity contribution in [1.29, 1.82) is 0 Å². The Bertz CT molecular complexity index is 1110. The average molecular weight is 432 g/mol. The predicted octanol–water partition coefficient (Wildman–Crippen LogP) is 3.94. The van der Waals surface area contributed by atoms with Crippen LogP contribution in [0.5, 0.6) is 0 Å². The number of amides is 1. The Hall–Kier alpha value is -2.65. The minimum Gasteiger partial charge on any atom is -0.306 e. The Morgan fingerprint density at radius 3 is 3.04 bits per heavy atom. The summed E-state index contributed by atoms with van der Waals surface area (Å²) < 4.78 is 16.5. The van der Waals surface area contributed by atoms with Gasteiger partial charge in [-0.3, -0.25) is 4.79 Å². The van der Waals surface area contributed by atoms with E-state index in [2.05, 4.69) is 36.4 Å². The van der Waals surface area contributed by atoms with Gasteiger partial charge in [0.15, 0.2) is 5.01 Å². The van der Waals surface area contributed by atoms with E-state index in [0.717, 1.165) is 26.9 Å². The van der Waals surface area contributed by atoms with Crippen molar-refractivity contribution in [3.63, 3.8) is 0 Å². The van der Waals surface area contributed by atoms with E-state index >= 15 is 0 Å². The largest absolute Gasteiger partial charge is 0.306 e. The number of hydrogen-bond donors (Lipinski definition) is 1. The number of halogens is 2. The number of pyridine rings is 1. The second-order valence-corrected chi connectivity index (χ2v) is 7.42. The molecule has 3 aromatic heterocycles. The van der Waals surface area contributed by atoms with Crippen LogP contribution >= 0.6 is 27.3 Å². The van der Waals surface area contributed by atoms with Crippen molar-refractivity contribution in [2.24, 2.45) is 0 Å². The summed E-state index contributed by atoms with van der Waals surface area (Å²) in [6, 6.07) is 8.35. The number of nitrogens with zero attached hydrogens (tertiary/aromatic N) is 4. The smallest absolute Gasteiger partial charge is 0.230 e. The SMILES string of the molecule is O=C(Cc1ccn2cncc2c1)Nc1nnc(-c2cc(Br)ccc2F)s1. The molecule has 3 heterocycles. The molecular weight excluding hydrogens is 421 g/mol. The highest BCUT2D eigenvalue weighted by Crippen LogP contribution is 2.30. The fraction of sp³-hybridized carbons (Fsp3) is 0.0588. The summed E-state index contributed by atoms with van der Waals surface area (Å²) >= 11 is 4.43. The van der Waals surface area contributed by atoms with Gasteiger partial charge in [0.25, 0.3) is 0 Å². The molecule has 0 unspecified atom stereocenters. The van der Waals surface area contributed by atoms with Crippen molar-refractivity contribution >= 4 is 43.8 Å². The van der Waals surface area contributed by atoms with Gasteiger partial charge < -0.3 is 9.72 Å². The summed E-state index contributed by atoms with van der Waals surface area (Å²) in [4.78, 5) is 16.3. The zero-order chi connectivity index (χ0) is 18.1. The number of hydrogen-bond acceptors (Lipinski definition) is 5. The van der Waals surface area contributed by atoms with Gasteiger partial charge in [0.05, 0.1) is 24.5 Å². The van der Waals surface area contributed by atoms with Crippen LogP contribution in [-0.4, -0.2) is 25.5 Å². The van der Waals surface area contributed by atoms with E-state index in [0.29, 0.717) is 15.7 Å². The number of rotatable bonds is 4. The van der Waals surface area contributed by atoms with Gasteiger partial charge in [0.1, 0.15) is 5.82 Å². The van der Waals surface area contributed by atoms with E-state index in [1.165, 1.54) is 6.07 Å². The summed E-state index contributed by atoms with van der Waals surface area (Å²) in [7, 11) is 0. The normalized spacial score (nSPS) is 11.0. The van der Waals surface area contributed by atoms with Gasteiger partial charge in [-0.05, 0) is 35.9 Å². The molecule has 1 amide bonds. The van der Waals surface area contributed by atoms with Crippen molar-refractivity contribution in [3.05, 3.63) is 64.9 Å². The lowest BCUT2D eigenvalue weighted by Gasteiger charge is -2.02. The van der Waals surface area contributed by atoms with Crippen LogP contribution in [0.3, 0.4) is 0 Å². The molecule has 0 spiro atoms. The number of aromatic nitrogens is 4. The molecule has 0 aliphatic rings. The molecule has 4 aromatic rings. The van der Waals surface area contributed by atoms with E-state index in [1.807, 2.05) is 22.7 Å². The van der Waals surface area contributed by atoms with Crippen LogP contribution in [0.15, 0.2) is 53.5 Å². The number of carbonyl (C=O) groups is 1. The fourth-order valence-corrected chi connectivity index (χ4v) is 3.61. The molecule has 0 aliphatic carbocycles. The number of nitrogens with one attached hydrogen (secondary N) is 1. The second kappa shape index (κ2) is 6.93. The molecule has 0 radical (unpaired) electrons. The minimum absolute atomic E-state index is 0.196. The standard InChI is InChI=1S/C17H11BrFN5OS/c18-11-1-2-14(19)13(7-11)16-22-23-17(26-16)21-15(25)6-10-3-4-24-9-20-8-12(24)5-10/h1-5,7-9H,6H2,(H,21,23,25). The lowest BCUT2D eigenvalue weighted by Crippen LogP contribution is -2.14. The van der Waals surface area contributed by atoms with Crippen LogP contribution in [0.2, 0.25) is 0 Å². The molecule has 1 N–H and O–H groups in total. The van der Waals surface area contributed by atoms with E-state index in [4.69, 9.17) is 0 Å². The summed E-state index contributed by atoms with van der Waals surface area (Å²) in [5, 5.41) is 11.3. The maximum absolute atomic E-state index is 13.9. The molecule has 0 aliphatic heterocycles. The van der Waals surface area contributed by atoms with E-state index < -0.39 is 5.82 Å². The lowest BCUT2D eigenvalue weighted by atomic mass is 10.2. The Morgan fingerprint density at radius 2 is 2.15 bits per heavy atom. The molecule has 0 saturated heterocycles. The maximum atomic E-state index is 13.9. The Labute approximate surface area is 159 Å². The zero-order valence-corrected chi connectivity index (χ0v) is 15.6. The first-order valence-corrected chi connectivity index (χ1v) is 9.19. The molecule has 26 heavy (non-hydrogen) atoms. The van der Waals surface area contributed by atoms with Crippen molar-refractivity contribution in [3.8, 4) is 10.6 Å². The van der Waals surface area contributed by atoms with Crippen LogP contribution in [0.25, 0.3) is 16.1 Å². The first kappa shape index (κ1) is 16.8. The summed E-state index contributed by atoms with van der Waals surface area (Å²) in [6.45, 7) is 0. The third-order valence-corrected chi connectivity index (χ3v) is 5.04. The zero-order valence-electron chi connectivity index (χ0n) is 13.2. The second-order valence-electron chi connectivity index (χ2n) is 5.52.